The van der Waals surface area contributed by atoms with Gasteiger partial charge in [0.25, 0.3) is 0 Å². The average molecular weight is 311 g/mol. The van der Waals surface area contributed by atoms with Crippen molar-refractivity contribution in [3.8, 4) is 0 Å². The van der Waals surface area contributed by atoms with E-state index in [1.165, 1.54) is 14.2 Å². The van der Waals surface area contributed by atoms with Crippen LogP contribution in [0.1, 0.15) is 25.7 Å². The third kappa shape index (κ3) is 2.64. The molecule has 0 aromatic heterocycles. The minimum absolute atomic E-state index is 0.185. The fraction of sp³-hybridized carbons (Fsp3) is 0.733. The molecule has 0 aromatic rings. The summed E-state index contributed by atoms with van der Waals surface area (Å²) in [5.41, 5.74) is 0.378. The summed E-state index contributed by atoms with van der Waals surface area (Å²) in [6.07, 6.45) is 4.64. The lowest BCUT2D eigenvalue weighted by atomic mass is 9.84. The molecule has 7 nitrogen and oxygen atoms in total. The van der Waals surface area contributed by atoms with Crippen LogP contribution in [0.25, 0.3) is 0 Å². The molecule has 4 aliphatic rings. The van der Waals surface area contributed by atoms with E-state index in [1.54, 1.807) is 0 Å². The number of esters is 2. The maximum Gasteiger partial charge on any atom is 0.334 e. The van der Waals surface area contributed by atoms with Crippen molar-refractivity contribution >= 4 is 11.9 Å². The van der Waals surface area contributed by atoms with E-state index in [2.05, 4.69) is 0 Å². The lowest BCUT2D eigenvalue weighted by Gasteiger charge is -2.36. The van der Waals surface area contributed by atoms with Crippen molar-refractivity contribution in [3.63, 3.8) is 0 Å². The van der Waals surface area contributed by atoms with Crippen molar-refractivity contribution in [2.45, 2.75) is 44.4 Å². The monoisotopic (exact) mass is 311 g/mol. The third-order valence-electron chi connectivity index (χ3n) is 4.51. The molecule has 0 spiro atoms. The number of ether oxygens (including phenoxy) is 4. The maximum absolute atomic E-state index is 12.4. The number of hydrogen-bond donors (Lipinski definition) is 0. The summed E-state index contributed by atoms with van der Waals surface area (Å²) in [6, 6.07) is -0.185. The maximum atomic E-state index is 12.4. The number of rotatable bonds is 3. The largest absolute Gasteiger partial charge is 0.468 e. The number of fused-ring (bicyclic) bond motifs is 1. The molecule has 1 aliphatic carbocycles. The molecule has 0 aromatic carbocycles. The molecule has 122 valence electrons. The van der Waals surface area contributed by atoms with Crippen LogP contribution in [0, 0.1) is 5.92 Å². The molecule has 2 atom stereocenters. The fourth-order valence-electron chi connectivity index (χ4n) is 3.41. The van der Waals surface area contributed by atoms with Gasteiger partial charge < -0.3 is 18.9 Å². The molecule has 0 amide bonds. The molecule has 0 N–H and O–H groups in total. The number of hydrogen-bond acceptors (Lipinski definition) is 7. The fourth-order valence-corrected chi connectivity index (χ4v) is 3.41. The predicted octanol–water partition coefficient (Wildman–Crippen LogP) is 0.790. The highest BCUT2D eigenvalue weighted by Crippen LogP contribution is 2.38. The molecule has 0 unspecified atom stereocenters. The second-order valence-corrected chi connectivity index (χ2v) is 5.71. The van der Waals surface area contributed by atoms with E-state index in [1.807, 2.05) is 11.0 Å². The van der Waals surface area contributed by atoms with Crippen molar-refractivity contribution in [2.24, 2.45) is 5.92 Å². The molecule has 3 saturated heterocycles. The van der Waals surface area contributed by atoms with Gasteiger partial charge in [-0.3, -0.25) is 4.79 Å². The van der Waals surface area contributed by atoms with Gasteiger partial charge >= 0.3 is 11.9 Å². The molecule has 2 bridgehead atoms. The first kappa shape index (κ1) is 15.5. The Hall–Kier alpha value is -1.44. The van der Waals surface area contributed by atoms with Crippen LogP contribution in [0.2, 0.25) is 0 Å². The number of carbonyl (C=O) groups excluding carboxylic acids is 2. The van der Waals surface area contributed by atoms with Crippen molar-refractivity contribution in [1.82, 2.24) is 4.90 Å². The van der Waals surface area contributed by atoms with Crippen LogP contribution in [0.5, 0.6) is 0 Å². The quantitative estimate of drug-likeness (QED) is 0.713. The number of methoxy groups -OCH3 is 2. The van der Waals surface area contributed by atoms with Gasteiger partial charge in [0.2, 0.25) is 6.41 Å². The molecular weight excluding hydrogens is 290 g/mol. The SMILES string of the molecule is COC(=O)/C1=C\CCCC[C@@H](N2CC3OC2O3)[C@@H]1C(=O)OC. The Morgan fingerprint density at radius 1 is 1.23 bits per heavy atom. The van der Waals surface area contributed by atoms with Gasteiger partial charge in [0.05, 0.1) is 20.8 Å². The zero-order valence-corrected chi connectivity index (χ0v) is 12.8. The Bertz CT molecular complexity index is 484. The van der Waals surface area contributed by atoms with Gasteiger partial charge in [-0.25, -0.2) is 9.69 Å². The predicted molar refractivity (Wildman–Crippen MR) is 74.3 cm³/mol. The van der Waals surface area contributed by atoms with Gasteiger partial charge in [-0.15, -0.1) is 0 Å². The van der Waals surface area contributed by atoms with E-state index in [0.29, 0.717) is 12.1 Å². The Kier molecular flexibility index (Phi) is 4.46. The summed E-state index contributed by atoms with van der Waals surface area (Å²) in [4.78, 5) is 26.5. The van der Waals surface area contributed by atoms with Crippen LogP contribution < -0.4 is 0 Å². The first-order valence-electron chi connectivity index (χ1n) is 7.58. The van der Waals surface area contributed by atoms with Gasteiger partial charge in [0.1, 0.15) is 5.92 Å². The van der Waals surface area contributed by atoms with Crippen molar-refractivity contribution < 1.29 is 28.5 Å². The Morgan fingerprint density at radius 3 is 2.59 bits per heavy atom. The normalized spacial score (nSPS) is 37.3. The summed E-state index contributed by atoms with van der Waals surface area (Å²) < 4.78 is 20.8. The summed E-state index contributed by atoms with van der Waals surface area (Å²) in [7, 11) is 2.66. The highest BCUT2D eigenvalue weighted by Gasteiger charge is 2.52. The minimum Gasteiger partial charge on any atom is -0.468 e. The zero-order chi connectivity index (χ0) is 15.7. The second kappa shape index (κ2) is 6.36. The van der Waals surface area contributed by atoms with E-state index in [-0.39, 0.29) is 12.3 Å². The summed E-state index contributed by atoms with van der Waals surface area (Å²) in [5.74, 6) is -1.58. The Labute approximate surface area is 129 Å². The van der Waals surface area contributed by atoms with Gasteiger partial charge in [-0.1, -0.05) is 12.5 Å². The number of carbonyl (C=O) groups is 2. The lowest BCUT2D eigenvalue weighted by molar-refractivity contribution is -0.362. The molecule has 3 fully saturated rings. The standard InChI is InChI=1S/C15H21NO6/c1-19-13(17)9-6-4-3-5-7-10(12(9)14(18)20-2)16-8-11-21-15(16)22-11/h6,10-12,15H,3-5,7-8H2,1-2H3/b9-6-/t10-,11?,12-,15?/m1/s1. The van der Waals surface area contributed by atoms with Crippen LogP contribution in [0.3, 0.4) is 0 Å². The third-order valence-corrected chi connectivity index (χ3v) is 4.51. The van der Waals surface area contributed by atoms with Crippen LogP contribution in [0.15, 0.2) is 11.6 Å². The molecule has 3 heterocycles. The van der Waals surface area contributed by atoms with E-state index in [9.17, 15) is 9.59 Å². The van der Waals surface area contributed by atoms with E-state index in [4.69, 9.17) is 18.9 Å². The van der Waals surface area contributed by atoms with Crippen molar-refractivity contribution in [3.05, 3.63) is 11.6 Å². The Balaban J connectivity index is 1.93. The molecule has 7 heteroatoms. The molecule has 0 saturated carbocycles. The van der Waals surface area contributed by atoms with Crippen LogP contribution in [-0.4, -0.2) is 56.3 Å². The van der Waals surface area contributed by atoms with Crippen molar-refractivity contribution in [2.75, 3.05) is 20.8 Å². The second-order valence-electron chi connectivity index (χ2n) is 5.71. The lowest BCUT2D eigenvalue weighted by Crippen LogP contribution is -2.48. The molecule has 3 aliphatic heterocycles. The average Bonchev–Trinajstić information content (AvgIpc) is 3.05. The van der Waals surface area contributed by atoms with E-state index < -0.39 is 24.3 Å². The van der Waals surface area contributed by atoms with Crippen LogP contribution >= 0.6 is 0 Å². The first-order chi connectivity index (χ1) is 10.7. The van der Waals surface area contributed by atoms with Gasteiger partial charge in [0, 0.05) is 11.6 Å². The van der Waals surface area contributed by atoms with Gasteiger partial charge in [-0.2, -0.15) is 0 Å². The number of nitrogens with zero attached hydrogens (tertiary/aromatic N) is 1. The van der Waals surface area contributed by atoms with Crippen LogP contribution in [0.4, 0.5) is 0 Å². The zero-order valence-electron chi connectivity index (χ0n) is 12.8. The topological polar surface area (TPSA) is 74.3 Å². The Morgan fingerprint density at radius 2 is 2.00 bits per heavy atom. The smallest absolute Gasteiger partial charge is 0.334 e. The molecule has 0 radical (unpaired) electrons. The summed E-state index contributed by atoms with van der Waals surface area (Å²) >= 11 is 0. The molecule has 22 heavy (non-hydrogen) atoms. The number of allylic oxidation sites excluding steroid dienone is 1. The minimum atomic E-state index is -0.677. The summed E-state index contributed by atoms with van der Waals surface area (Å²) in [5, 5.41) is 0. The van der Waals surface area contributed by atoms with Gasteiger partial charge in [-0.05, 0) is 19.3 Å². The van der Waals surface area contributed by atoms with Crippen LogP contribution in [-0.2, 0) is 28.5 Å². The van der Waals surface area contributed by atoms with Gasteiger partial charge in [0.15, 0.2) is 6.29 Å². The van der Waals surface area contributed by atoms with E-state index >= 15 is 0 Å². The molecular formula is C15H21NO6. The highest BCUT2D eigenvalue weighted by atomic mass is 16.9. The van der Waals surface area contributed by atoms with Crippen molar-refractivity contribution in [1.29, 1.82) is 0 Å². The highest BCUT2D eigenvalue weighted by molar-refractivity contribution is 5.96. The summed E-state index contributed by atoms with van der Waals surface area (Å²) in [6.45, 7) is 0.608. The molecule has 4 rings (SSSR count). The van der Waals surface area contributed by atoms with E-state index in [0.717, 1.165) is 25.7 Å². The first-order valence-corrected chi connectivity index (χ1v) is 7.58.